The minimum atomic E-state index is -0.613. The molecule has 0 bridgehead atoms. The van der Waals surface area contributed by atoms with Crippen LogP contribution in [0.2, 0.25) is 5.02 Å². The van der Waals surface area contributed by atoms with Crippen LogP contribution in [0.15, 0.2) is 36.3 Å². The number of benzene rings is 1. The molecule has 4 N–H and O–H groups in total. The molecule has 1 aromatic carbocycles. The Labute approximate surface area is 90.8 Å². The molecule has 0 saturated heterocycles. The Hall–Kier alpha value is -1.79. The summed E-state index contributed by atoms with van der Waals surface area (Å²) in [5, 5.41) is 13.5. The number of anilines is 1. The van der Waals surface area contributed by atoms with E-state index in [0.717, 1.165) is 6.20 Å². The molecule has 0 radical (unpaired) electrons. The molecule has 0 heterocycles. The quantitative estimate of drug-likeness (QED) is 0.410. The van der Waals surface area contributed by atoms with E-state index in [1.807, 2.05) is 0 Å². The van der Waals surface area contributed by atoms with E-state index in [0.29, 0.717) is 10.7 Å². The molecule has 0 aliphatic heterocycles. The fourth-order valence-corrected chi connectivity index (χ4v) is 1.03. The zero-order valence-electron chi connectivity index (χ0n) is 7.61. The van der Waals surface area contributed by atoms with Gasteiger partial charge in [-0.05, 0) is 24.3 Å². The minimum absolute atomic E-state index is 0.0855. The first kappa shape index (κ1) is 11.3. The molecule has 0 amide bonds. The smallest absolute Gasteiger partial charge is 0.275 e. The number of halogens is 1. The lowest BCUT2D eigenvalue weighted by molar-refractivity contribution is -0.403. The van der Waals surface area contributed by atoms with Crippen molar-refractivity contribution in [2.45, 2.75) is 0 Å². The Morgan fingerprint density at radius 2 is 2.07 bits per heavy atom. The van der Waals surface area contributed by atoms with E-state index in [1.165, 1.54) is 0 Å². The highest BCUT2D eigenvalue weighted by Crippen LogP contribution is 2.14. The molecule has 0 aliphatic rings. The molecule has 0 spiro atoms. The summed E-state index contributed by atoms with van der Waals surface area (Å²) in [5.74, 6) is 5.17. The van der Waals surface area contributed by atoms with Gasteiger partial charge in [0.15, 0.2) is 5.82 Å². The SMILES string of the molecule is NNC(=C[N+](=O)[O-])Nc1ccc(Cl)cc1. The summed E-state index contributed by atoms with van der Waals surface area (Å²) in [6.07, 6.45) is 0.731. The molecule has 0 atom stereocenters. The highest BCUT2D eigenvalue weighted by atomic mass is 35.5. The van der Waals surface area contributed by atoms with Crippen molar-refractivity contribution < 1.29 is 4.92 Å². The van der Waals surface area contributed by atoms with Crippen LogP contribution in [0.5, 0.6) is 0 Å². The monoisotopic (exact) mass is 228 g/mol. The average Bonchev–Trinajstić information content (AvgIpc) is 2.19. The number of nitrogens with two attached hydrogens (primary N) is 1. The second kappa shape index (κ2) is 5.18. The summed E-state index contributed by atoms with van der Waals surface area (Å²) in [7, 11) is 0. The zero-order valence-corrected chi connectivity index (χ0v) is 8.36. The van der Waals surface area contributed by atoms with Gasteiger partial charge < -0.3 is 10.7 Å². The summed E-state index contributed by atoms with van der Waals surface area (Å²) < 4.78 is 0. The molecule has 1 aromatic rings. The lowest BCUT2D eigenvalue weighted by atomic mass is 10.3. The van der Waals surface area contributed by atoms with Gasteiger partial charge in [-0.2, -0.15) is 0 Å². The van der Waals surface area contributed by atoms with Crippen LogP contribution >= 0.6 is 11.6 Å². The lowest BCUT2D eigenvalue weighted by Crippen LogP contribution is -2.27. The first-order valence-electron chi connectivity index (χ1n) is 3.96. The van der Waals surface area contributed by atoms with Gasteiger partial charge >= 0.3 is 0 Å². The number of hydrogen-bond donors (Lipinski definition) is 3. The predicted molar refractivity (Wildman–Crippen MR) is 57.5 cm³/mol. The molecule has 0 fully saturated rings. The van der Waals surface area contributed by atoms with Crippen LogP contribution in [0, 0.1) is 10.1 Å². The van der Waals surface area contributed by atoms with Gasteiger partial charge in [0.05, 0.1) is 4.92 Å². The van der Waals surface area contributed by atoms with Crippen LogP contribution in [-0.4, -0.2) is 4.92 Å². The maximum atomic E-state index is 10.2. The van der Waals surface area contributed by atoms with E-state index in [9.17, 15) is 10.1 Å². The maximum absolute atomic E-state index is 10.2. The molecular formula is C8H9ClN4O2. The van der Waals surface area contributed by atoms with E-state index in [-0.39, 0.29) is 5.82 Å². The van der Waals surface area contributed by atoms with E-state index in [4.69, 9.17) is 17.4 Å². The van der Waals surface area contributed by atoms with Crippen molar-refractivity contribution in [3.8, 4) is 0 Å². The first-order chi connectivity index (χ1) is 7.11. The Morgan fingerprint density at radius 1 is 1.47 bits per heavy atom. The van der Waals surface area contributed by atoms with Crippen molar-refractivity contribution in [2.24, 2.45) is 5.84 Å². The number of hydrogen-bond acceptors (Lipinski definition) is 5. The largest absolute Gasteiger partial charge is 0.336 e. The zero-order chi connectivity index (χ0) is 11.3. The summed E-state index contributed by atoms with van der Waals surface area (Å²) in [6, 6.07) is 6.66. The predicted octanol–water partition coefficient (Wildman–Crippen LogP) is 1.29. The third-order valence-corrected chi connectivity index (χ3v) is 1.77. The normalized spacial score (nSPS) is 10.9. The standard InChI is InChI=1S/C8H9ClN4O2/c9-6-1-3-7(4-2-6)11-8(12-10)5-13(14)15/h1-5,11-12H,10H2. The van der Waals surface area contributed by atoms with Gasteiger partial charge in [0.2, 0.25) is 0 Å². The minimum Gasteiger partial charge on any atom is -0.336 e. The van der Waals surface area contributed by atoms with E-state index in [1.54, 1.807) is 24.3 Å². The molecular weight excluding hydrogens is 220 g/mol. The summed E-state index contributed by atoms with van der Waals surface area (Å²) in [4.78, 5) is 9.57. The van der Waals surface area contributed by atoms with Gasteiger partial charge in [0.25, 0.3) is 6.20 Å². The number of nitrogens with one attached hydrogen (secondary N) is 2. The molecule has 0 saturated carbocycles. The first-order valence-corrected chi connectivity index (χ1v) is 4.34. The van der Waals surface area contributed by atoms with Gasteiger partial charge in [-0.25, -0.2) is 5.84 Å². The average molecular weight is 229 g/mol. The third kappa shape index (κ3) is 3.84. The van der Waals surface area contributed by atoms with Crippen molar-refractivity contribution in [3.63, 3.8) is 0 Å². The maximum Gasteiger partial charge on any atom is 0.275 e. The van der Waals surface area contributed by atoms with Crippen LogP contribution in [-0.2, 0) is 0 Å². The number of rotatable bonds is 4. The molecule has 7 heteroatoms. The van der Waals surface area contributed by atoms with Gasteiger partial charge in [-0.3, -0.25) is 10.1 Å². The van der Waals surface area contributed by atoms with Crippen LogP contribution < -0.4 is 16.6 Å². The molecule has 80 valence electrons. The Balaban J connectivity index is 2.75. The number of hydrazine groups is 1. The fraction of sp³-hybridized carbons (Fsp3) is 0. The second-order valence-electron chi connectivity index (χ2n) is 2.60. The van der Waals surface area contributed by atoms with Crippen molar-refractivity contribution in [1.29, 1.82) is 0 Å². The molecule has 0 unspecified atom stereocenters. The Morgan fingerprint density at radius 3 is 2.53 bits per heavy atom. The topological polar surface area (TPSA) is 93.2 Å². The number of nitrogens with zero attached hydrogens (tertiary/aromatic N) is 1. The Kier molecular flexibility index (Phi) is 3.90. The van der Waals surface area contributed by atoms with Gasteiger partial charge in [0, 0.05) is 10.7 Å². The van der Waals surface area contributed by atoms with Crippen molar-refractivity contribution in [3.05, 3.63) is 51.4 Å². The van der Waals surface area contributed by atoms with Gasteiger partial charge in [0.1, 0.15) is 0 Å². The summed E-state index contributed by atoms with van der Waals surface area (Å²) in [6.45, 7) is 0. The van der Waals surface area contributed by atoms with Crippen LogP contribution in [0.4, 0.5) is 5.69 Å². The van der Waals surface area contributed by atoms with E-state index >= 15 is 0 Å². The van der Waals surface area contributed by atoms with E-state index in [2.05, 4.69) is 10.7 Å². The highest BCUT2D eigenvalue weighted by molar-refractivity contribution is 6.30. The number of nitro groups is 1. The molecule has 1 rings (SSSR count). The molecule has 6 nitrogen and oxygen atoms in total. The lowest BCUT2D eigenvalue weighted by Gasteiger charge is -2.07. The van der Waals surface area contributed by atoms with Crippen molar-refractivity contribution in [2.75, 3.05) is 5.32 Å². The van der Waals surface area contributed by atoms with Crippen LogP contribution in [0.3, 0.4) is 0 Å². The molecule has 0 aromatic heterocycles. The molecule has 15 heavy (non-hydrogen) atoms. The van der Waals surface area contributed by atoms with Gasteiger partial charge in [-0.1, -0.05) is 11.6 Å². The second-order valence-corrected chi connectivity index (χ2v) is 3.04. The fourth-order valence-electron chi connectivity index (χ4n) is 0.900. The van der Waals surface area contributed by atoms with Crippen LogP contribution in [0.25, 0.3) is 0 Å². The van der Waals surface area contributed by atoms with Gasteiger partial charge in [-0.15, -0.1) is 0 Å². The summed E-state index contributed by atoms with van der Waals surface area (Å²) in [5.41, 5.74) is 2.82. The van der Waals surface area contributed by atoms with Crippen LogP contribution in [0.1, 0.15) is 0 Å². The summed E-state index contributed by atoms with van der Waals surface area (Å²) >= 11 is 5.68. The highest BCUT2D eigenvalue weighted by Gasteiger charge is 2.00. The third-order valence-electron chi connectivity index (χ3n) is 1.51. The Bertz CT molecular complexity index is 377. The van der Waals surface area contributed by atoms with Crippen molar-refractivity contribution >= 4 is 17.3 Å². The van der Waals surface area contributed by atoms with E-state index < -0.39 is 4.92 Å². The molecule has 0 aliphatic carbocycles. The van der Waals surface area contributed by atoms with Crippen molar-refractivity contribution in [1.82, 2.24) is 5.43 Å².